The normalized spacial score (nSPS) is 21.8. The number of cyclic esters (lactones) is 2. The minimum atomic E-state index is -0.582. The Bertz CT molecular complexity index is 205. The Morgan fingerprint density at radius 2 is 1.25 bits per heavy atom. The highest BCUT2D eigenvalue weighted by Crippen LogP contribution is 1.94. The van der Waals surface area contributed by atoms with Crippen molar-refractivity contribution in [2.24, 2.45) is 0 Å². The van der Waals surface area contributed by atoms with Gasteiger partial charge in [-0.25, -0.2) is 0 Å². The molecular formula is C10H16O6. The molecule has 1 saturated heterocycles. The first-order valence-corrected chi connectivity index (χ1v) is 5.26. The van der Waals surface area contributed by atoms with Gasteiger partial charge in [0.15, 0.2) is 0 Å². The molecule has 6 heteroatoms. The Morgan fingerprint density at radius 3 is 2.00 bits per heavy atom. The van der Waals surface area contributed by atoms with Gasteiger partial charge in [-0.1, -0.05) is 0 Å². The number of carbonyl (C=O) groups excluding carboxylic acids is 2. The third kappa shape index (κ3) is 6.36. The van der Waals surface area contributed by atoms with Crippen LogP contribution in [0.2, 0.25) is 0 Å². The van der Waals surface area contributed by atoms with Gasteiger partial charge in [0.05, 0.1) is 26.4 Å². The van der Waals surface area contributed by atoms with Gasteiger partial charge in [0.25, 0.3) is 0 Å². The Balaban J connectivity index is 2.26. The molecule has 1 aliphatic heterocycles. The third-order valence-corrected chi connectivity index (χ3v) is 1.85. The first-order valence-electron chi connectivity index (χ1n) is 5.26. The number of carbonyl (C=O) groups is 2. The summed E-state index contributed by atoms with van der Waals surface area (Å²) in [7, 11) is 0. The van der Waals surface area contributed by atoms with Crippen LogP contribution < -0.4 is 0 Å². The van der Waals surface area contributed by atoms with E-state index in [0.29, 0.717) is 32.8 Å². The second-order valence-electron chi connectivity index (χ2n) is 3.20. The van der Waals surface area contributed by atoms with E-state index in [2.05, 4.69) is 0 Å². The molecule has 0 saturated carbocycles. The molecule has 1 heterocycles. The molecule has 0 radical (unpaired) electrons. The van der Waals surface area contributed by atoms with E-state index >= 15 is 0 Å². The minimum absolute atomic E-state index is 0.145. The van der Waals surface area contributed by atoms with Crippen molar-refractivity contribution in [3.8, 4) is 0 Å². The smallest absolute Gasteiger partial charge is 0.317 e. The molecule has 0 unspecified atom stereocenters. The van der Waals surface area contributed by atoms with Gasteiger partial charge >= 0.3 is 11.9 Å². The van der Waals surface area contributed by atoms with Crippen molar-refractivity contribution in [3.63, 3.8) is 0 Å². The van der Waals surface area contributed by atoms with Crippen molar-refractivity contribution in [2.75, 3.05) is 39.6 Å². The lowest BCUT2D eigenvalue weighted by Gasteiger charge is -2.09. The molecule has 0 bridgehead atoms. The molecule has 0 atom stereocenters. The standard InChI is InChI=1S/C10H16O6/c11-9-8-10(12)16-7-6-14-5-4-13-2-1-3-15-9/h1-8H2. The van der Waals surface area contributed by atoms with Crippen LogP contribution in [-0.4, -0.2) is 51.6 Å². The highest BCUT2D eigenvalue weighted by Gasteiger charge is 2.11. The lowest BCUT2D eigenvalue weighted by atomic mass is 10.4. The van der Waals surface area contributed by atoms with Crippen LogP contribution in [0.3, 0.4) is 0 Å². The van der Waals surface area contributed by atoms with E-state index in [-0.39, 0.29) is 19.6 Å². The van der Waals surface area contributed by atoms with E-state index in [1.165, 1.54) is 0 Å². The van der Waals surface area contributed by atoms with Crippen LogP contribution in [-0.2, 0) is 28.5 Å². The Kier molecular flexibility index (Phi) is 6.52. The molecule has 0 aromatic carbocycles. The van der Waals surface area contributed by atoms with Crippen molar-refractivity contribution in [1.82, 2.24) is 0 Å². The van der Waals surface area contributed by atoms with E-state index in [1.807, 2.05) is 0 Å². The molecule has 0 spiro atoms. The van der Waals surface area contributed by atoms with Crippen molar-refractivity contribution in [1.29, 1.82) is 0 Å². The number of rotatable bonds is 0. The lowest BCUT2D eigenvalue weighted by Crippen LogP contribution is -2.18. The SMILES string of the molecule is O=C1CC(=O)OCCOCCOCCCO1. The number of hydrogen-bond donors (Lipinski definition) is 0. The van der Waals surface area contributed by atoms with E-state index in [4.69, 9.17) is 18.9 Å². The van der Waals surface area contributed by atoms with Crippen LogP contribution in [0.5, 0.6) is 0 Å². The average Bonchev–Trinajstić information content (AvgIpc) is 2.25. The van der Waals surface area contributed by atoms with E-state index in [9.17, 15) is 9.59 Å². The van der Waals surface area contributed by atoms with E-state index in [0.717, 1.165) is 0 Å². The summed E-state index contributed by atoms with van der Waals surface area (Å²) in [5.74, 6) is -1.15. The summed E-state index contributed by atoms with van der Waals surface area (Å²) in [6.07, 6.45) is 0.266. The van der Waals surface area contributed by atoms with Crippen molar-refractivity contribution in [2.45, 2.75) is 12.8 Å². The van der Waals surface area contributed by atoms with Gasteiger partial charge in [-0.2, -0.15) is 0 Å². The van der Waals surface area contributed by atoms with Crippen LogP contribution in [0.25, 0.3) is 0 Å². The van der Waals surface area contributed by atoms with Gasteiger partial charge in [-0.15, -0.1) is 0 Å². The van der Waals surface area contributed by atoms with Crippen LogP contribution in [0, 0.1) is 0 Å². The third-order valence-electron chi connectivity index (χ3n) is 1.85. The summed E-state index contributed by atoms with van der Waals surface area (Å²) >= 11 is 0. The van der Waals surface area contributed by atoms with E-state index < -0.39 is 11.9 Å². The Morgan fingerprint density at radius 1 is 0.688 bits per heavy atom. The predicted molar refractivity (Wildman–Crippen MR) is 52.8 cm³/mol. The van der Waals surface area contributed by atoms with Crippen LogP contribution in [0.1, 0.15) is 12.8 Å². The molecule has 0 aromatic heterocycles. The zero-order valence-corrected chi connectivity index (χ0v) is 9.11. The molecule has 0 aliphatic carbocycles. The van der Waals surface area contributed by atoms with Crippen molar-refractivity contribution < 1.29 is 28.5 Å². The highest BCUT2D eigenvalue weighted by molar-refractivity contribution is 5.91. The maximum absolute atomic E-state index is 11.1. The summed E-state index contributed by atoms with van der Waals surface area (Å²) in [6, 6.07) is 0. The molecule has 1 fully saturated rings. The fourth-order valence-corrected chi connectivity index (χ4v) is 1.10. The van der Waals surface area contributed by atoms with Gasteiger partial charge in [-0.3, -0.25) is 9.59 Å². The fourth-order valence-electron chi connectivity index (χ4n) is 1.10. The molecular weight excluding hydrogens is 216 g/mol. The Labute approximate surface area is 93.8 Å². The molecule has 92 valence electrons. The number of esters is 2. The lowest BCUT2D eigenvalue weighted by molar-refractivity contribution is -0.156. The maximum atomic E-state index is 11.1. The van der Waals surface area contributed by atoms with Gasteiger partial charge in [0.1, 0.15) is 13.0 Å². The van der Waals surface area contributed by atoms with Gasteiger partial charge in [-0.05, 0) is 0 Å². The monoisotopic (exact) mass is 232 g/mol. The molecule has 0 aromatic rings. The fraction of sp³-hybridized carbons (Fsp3) is 0.800. The molecule has 16 heavy (non-hydrogen) atoms. The van der Waals surface area contributed by atoms with Crippen LogP contribution in [0.4, 0.5) is 0 Å². The summed E-state index contributed by atoms with van der Waals surface area (Å²) in [4.78, 5) is 22.1. The summed E-state index contributed by atoms with van der Waals surface area (Å²) in [5.41, 5.74) is 0. The van der Waals surface area contributed by atoms with E-state index in [1.54, 1.807) is 0 Å². The second-order valence-corrected chi connectivity index (χ2v) is 3.20. The molecule has 0 N–H and O–H groups in total. The summed E-state index contributed by atoms with van der Waals surface area (Å²) in [6.45, 7) is 2.18. The zero-order chi connectivity index (χ0) is 11.6. The minimum Gasteiger partial charge on any atom is -0.465 e. The average molecular weight is 232 g/mol. The highest BCUT2D eigenvalue weighted by atomic mass is 16.6. The summed E-state index contributed by atoms with van der Waals surface area (Å²) < 4.78 is 19.9. The molecule has 1 aliphatic rings. The number of hydrogen-bond acceptors (Lipinski definition) is 6. The van der Waals surface area contributed by atoms with Gasteiger partial charge in [0, 0.05) is 13.0 Å². The largest absolute Gasteiger partial charge is 0.465 e. The molecule has 1 rings (SSSR count). The first-order chi connectivity index (χ1) is 7.79. The van der Waals surface area contributed by atoms with Crippen LogP contribution >= 0.6 is 0 Å². The predicted octanol–water partition coefficient (Wildman–Crippen LogP) is -0.100. The van der Waals surface area contributed by atoms with Gasteiger partial charge < -0.3 is 18.9 Å². The topological polar surface area (TPSA) is 71.1 Å². The molecule has 0 amide bonds. The Hall–Kier alpha value is -1.14. The van der Waals surface area contributed by atoms with Crippen LogP contribution in [0.15, 0.2) is 0 Å². The second kappa shape index (κ2) is 8.06. The summed E-state index contributed by atoms with van der Waals surface area (Å²) in [5, 5.41) is 0. The van der Waals surface area contributed by atoms with Gasteiger partial charge in [0.2, 0.25) is 0 Å². The van der Waals surface area contributed by atoms with Crippen molar-refractivity contribution in [3.05, 3.63) is 0 Å². The quantitative estimate of drug-likeness (QED) is 0.429. The number of ether oxygens (including phenoxy) is 4. The van der Waals surface area contributed by atoms with Crippen molar-refractivity contribution >= 4 is 11.9 Å². The maximum Gasteiger partial charge on any atom is 0.317 e. The zero-order valence-electron chi connectivity index (χ0n) is 9.11. The molecule has 6 nitrogen and oxygen atoms in total. The first kappa shape index (κ1) is 12.9.